The Morgan fingerprint density at radius 3 is 2.50 bits per heavy atom. The first kappa shape index (κ1) is 13.4. The molecule has 0 bridgehead atoms. The minimum Gasteiger partial charge on any atom is -0.384 e. The van der Waals surface area contributed by atoms with Gasteiger partial charge >= 0.3 is 0 Å². The van der Waals surface area contributed by atoms with Gasteiger partial charge in [-0.25, -0.2) is 0 Å². The Hall–Kier alpha value is -1.03. The van der Waals surface area contributed by atoms with E-state index in [4.69, 9.17) is 4.74 Å². The zero-order chi connectivity index (χ0) is 13.0. The average molecular weight is 252 g/mol. The molecule has 1 saturated heterocycles. The van der Waals surface area contributed by atoms with Crippen LogP contribution < -0.4 is 10.6 Å². The molecular formula is C14H24N2O2. The second-order valence-corrected chi connectivity index (χ2v) is 5.32. The third kappa shape index (κ3) is 3.48. The third-order valence-electron chi connectivity index (χ3n) is 3.77. The Morgan fingerprint density at radius 2 is 2.00 bits per heavy atom. The number of hydrogen-bond acceptors (Lipinski definition) is 3. The first-order valence-corrected chi connectivity index (χ1v) is 7.00. The zero-order valence-electron chi connectivity index (χ0n) is 11.4. The van der Waals surface area contributed by atoms with E-state index in [1.807, 2.05) is 0 Å². The maximum Gasteiger partial charge on any atom is 0.217 e. The van der Waals surface area contributed by atoms with Crippen molar-refractivity contribution in [3.63, 3.8) is 0 Å². The average Bonchev–Trinajstić information content (AvgIpc) is 2.26. The maximum atomic E-state index is 11.2. The summed E-state index contributed by atoms with van der Waals surface area (Å²) in [5.74, 6) is 0.0358. The first-order valence-electron chi connectivity index (χ1n) is 7.00. The van der Waals surface area contributed by atoms with E-state index in [0.29, 0.717) is 6.04 Å². The lowest BCUT2D eigenvalue weighted by molar-refractivity contribution is -0.119. The van der Waals surface area contributed by atoms with E-state index in [9.17, 15) is 4.79 Å². The van der Waals surface area contributed by atoms with Crippen molar-refractivity contribution in [3.05, 3.63) is 11.3 Å². The van der Waals surface area contributed by atoms with Gasteiger partial charge in [0.15, 0.2) is 0 Å². The van der Waals surface area contributed by atoms with Crippen LogP contribution in [0.2, 0.25) is 0 Å². The Labute approximate surface area is 109 Å². The fourth-order valence-electron chi connectivity index (χ4n) is 2.60. The van der Waals surface area contributed by atoms with Gasteiger partial charge in [0.05, 0.1) is 6.04 Å². The molecule has 0 spiro atoms. The molecule has 0 aromatic carbocycles. The van der Waals surface area contributed by atoms with Gasteiger partial charge in [-0.15, -0.1) is 0 Å². The summed E-state index contributed by atoms with van der Waals surface area (Å²) in [7, 11) is 0. The van der Waals surface area contributed by atoms with Crippen LogP contribution in [0.3, 0.4) is 0 Å². The topological polar surface area (TPSA) is 50.4 Å². The standard InChI is InChI=1S/C14H24N2O2/c1-10(15-11(2)17)14(12-4-3-5-12)16-13-6-8-18-9-7-13/h10,13,16H,3-9H2,1-2H3,(H,15,17). The summed E-state index contributed by atoms with van der Waals surface area (Å²) >= 11 is 0. The number of nitrogens with one attached hydrogen (secondary N) is 2. The van der Waals surface area contributed by atoms with Crippen LogP contribution in [0.1, 0.15) is 46.0 Å². The fraction of sp³-hybridized carbons (Fsp3) is 0.786. The Morgan fingerprint density at radius 1 is 1.33 bits per heavy atom. The lowest BCUT2D eigenvalue weighted by Crippen LogP contribution is -2.43. The van der Waals surface area contributed by atoms with Crippen molar-refractivity contribution in [2.75, 3.05) is 13.2 Å². The van der Waals surface area contributed by atoms with Crippen molar-refractivity contribution < 1.29 is 9.53 Å². The smallest absolute Gasteiger partial charge is 0.217 e. The van der Waals surface area contributed by atoms with Gasteiger partial charge in [0.25, 0.3) is 0 Å². The van der Waals surface area contributed by atoms with Crippen LogP contribution in [0.15, 0.2) is 11.3 Å². The number of carbonyl (C=O) groups is 1. The Bertz CT molecular complexity index is 327. The van der Waals surface area contributed by atoms with Crippen LogP contribution in [0, 0.1) is 0 Å². The summed E-state index contributed by atoms with van der Waals surface area (Å²) in [5, 5.41) is 6.64. The lowest BCUT2D eigenvalue weighted by Gasteiger charge is -2.32. The Balaban J connectivity index is 1.99. The molecule has 1 unspecified atom stereocenters. The van der Waals surface area contributed by atoms with E-state index in [1.165, 1.54) is 30.5 Å². The molecule has 102 valence electrons. The number of rotatable bonds is 4. The number of carbonyl (C=O) groups excluding carboxylic acids is 1. The SMILES string of the molecule is CC(=O)NC(C)C(NC1CCOCC1)=C1CCC1. The molecule has 2 rings (SSSR count). The van der Waals surface area contributed by atoms with Crippen molar-refractivity contribution >= 4 is 5.91 Å². The highest BCUT2D eigenvalue weighted by Crippen LogP contribution is 2.29. The minimum absolute atomic E-state index is 0.0358. The molecule has 1 atom stereocenters. The summed E-state index contributed by atoms with van der Waals surface area (Å²) in [6.45, 7) is 5.33. The van der Waals surface area contributed by atoms with Gasteiger partial charge in [-0.05, 0) is 44.6 Å². The van der Waals surface area contributed by atoms with E-state index >= 15 is 0 Å². The molecule has 1 aliphatic heterocycles. The normalized spacial score (nSPS) is 22.0. The molecule has 4 heteroatoms. The quantitative estimate of drug-likeness (QED) is 0.801. The van der Waals surface area contributed by atoms with E-state index < -0.39 is 0 Å². The van der Waals surface area contributed by atoms with Gasteiger partial charge in [-0.3, -0.25) is 4.79 Å². The fourth-order valence-corrected chi connectivity index (χ4v) is 2.60. The Kier molecular flexibility index (Phi) is 4.64. The summed E-state index contributed by atoms with van der Waals surface area (Å²) in [5.41, 5.74) is 2.74. The van der Waals surface area contributed by atoms with Crippen molar-refractivity contribution in [1.82, 2.24) is 10.6 Å². The molecule has 0 radical (unpaired) electrons. The van der Waals surface area contributed by atoms with Gasteiger partial charge in [-0.1, -0.05) is 0 Å². The van der Waals surface area contributed by atoms with Crippen LogP contribution in [0.25, 0.3) is 0 Å². The predicted molar refractivity (Wildman–Crippen MR) is 71.1 cm³/mol. The van der Waals surface area contributed by atoms with Crippen LogP contribution in [-0.4, -0.2) is 31.2 Å². The minimum atomic E-state index is 0.0358. The molecule has 18 heavy (non-hydrogen) atoms. The largest absolute Gasteiger partial charge is 0.384 e. The molecule has 1 saturated carbocycles. The van der Waals surface area contributed by atoms with E-state index in [2.05, 4.69) is 17.6 Å². The molecule has 1 amide bonds. The van der Waals surface area contributed by atoms with Crippen LogP contribution in [0.5, 0.6) is 0 Å². The van der Waals surface area contributed by atoms with Crippen LogP contribution in [0.4, 0.5) is 0 Å². The number of hydrogen-bond donors (Lipinski definition) is 2. The lowest BCUT2D eigenvalue weighted by atomic mass is 9.88. The molecule has 2 fully saturated rings. The molecule has 1 heterocycles. The number of amides is 1. The van der Waals surface area contributed by atoms with Crippen LogP contribution >= 0.6 is 0 Å². The maximum absolute atomic E-state index is 11.2. The molecule has 1 aliphatic carbocycles. The number of allylic oxidation sites excluding steroid dienone is 1. The van der Waals surface area contributed by atoms with Gasteiger partial charge < -0.3 is 15.4 Å². The van der Waals surface area contributed by atoms with E-state index in [1.54, 1.807) is 6.92 Å². The van der Waals surface area contributed by atoms with Gasteiger partial charge in [-0.2, -0.15) is 0 Å². The van der Waals surface area contributed by atoms with Gasteiger partial charge in [0.2, 0.25) is 5.91 Å². The monoisotopic (exact) mass is 252 g/mol. The van der Waals surface area contributed by atoms with Crippen molar-refractivity contribution in [3.8, 4) is 0 Å². The molecule has 0 aromatic rings. The highest BCUT2D eigenvalue weighted by atomic mass is 16.5. The molecular weight excluding hydrogens is 228 g/mol. The number of ether oxygens (including phenoxy) is 1. The van der Waals surface area contributed by atoms with Gasteiger partial charge in [0, 0.05) is 31.9 Å². The molecule has 2 aliphatic rings. The zero-order valence-corrected chi connectivity index (χ0v) is 11.4. The summed E-state index contributed by atoms with van der Waals surface area (Å²) in [6, 6.07) is 0.596. The predicted octanol–water partition coefficient (Wildman–Crippen LogP) is 1.72. The molecule has 0 aromatic heterocycles. The second kappa shape index (κ2) is 6.23. The van der Waals surface area contributed by atoms with Gasteiger partial charge in [0.1, 0.15) is 0 Å². The first-order chi connectivity index (χ1) is 8.66. The summed E-state index contributed by atoms with van der Waals surface area (Å²) in [6.07, 6.45) is 5.75. The molecule has 2 N–H and O–H groups in total. The van der Waals surface area contributed by atoms with Crippen molar-refractivity contribution in [2.24, 2.45) is 0 Å². The summed E-state index contributed by atoms with van der Waals surface area (Å²) < 4.78 is 5.38. The highest BCUT2D eigenvalue weighted by Gasteiger charge is 2.23. The van der Waals surface area contributed by atoms with E-state index in [0.717, 1.165) is 26.1 Å². The van der Waals surface area contributed by atoms with Crippen molar-refractivity contribution in [1.29, 1.82) is 0 Å². The highest BCUT2D eigenvalue weighted by molar-refractivity contribution is 5.73. The van der Waals surface area contributed by atoms with E-state index in [-0.39, 0.29) is 11.9 Å². The summed E-state index contributed by atoms with van der Waals surface area (Å²) in [4.78, 5) is 11.2. The van der Waals surface area contributed by atoms with Crippen LogP contribution in [-0.2, 0) is 9.53 Å². The second-order valence-electron chi connectivity index (χ2n) is 5.32. The third-order valence-corrected chi connectivity index (χ3v) is 3.77. The van der Waals surface area contributed by atoms with Crippen molar-refractivity contribution in [2.45, 2.75) is 58.0 Å². The molecule has 4 nitrogen and oxygen atoms in total.